The average Bonchev–Trinajstić information content (AvgIpc) is 3.13. The van der Waals surface area contributed by atoms with E-state index in [4.69, 9.17) is 4.74 Å². The Hall–Kier alpha value is -3.60. The quantitative estimate of drug-likeness (QED) is 0.470. The van der Waals surface area contributed by atoms with E-state index in [-0.39, 0.29) is 35.0 Å². The minimum absolute atomic E-state index is 0.0146. The van der Waals surface area contributed by atoms with Crippen molar-refractivity contribution in [2.24, 2.45) is 5.92 Å². The summed E-state index contributed by atoms with van der Waals surface area (Å²) >= 11 is 0. The zero-order valence-corrected chi connectivity index (χ0v) is 18.0. The number of benzene rings is 2. The van der Waals surface area contributed by atoms with Crippen molar-refractivity contribution in [3.63, 3.8) is 0 Å². The molecule has 11 heteroatoms. The fraction of sp³-hybridized carbons (Fsp3) is 0.304. The third kappa shape index (κ3) is 5.14. The molecule has 0 atom stereocenters. The monoisotopic (exact) mass is 479 g/mol. The van der Waals surface area contributed by atoms with Crippen molar-refractivity contribution in [3.8, 4) is 17.2 Å². The summed E-state index contributed by atoms with van der Waals surface area (Å²) in [6.45, 7) is -3.00. The molecule has 4 rings (SSSR count). The van der Waals surface area contributed by atoms with Gasteiger partial charge in [0.1, 0.15) is 17.2 Å². The van der Waals surface area contributed by atoms with E-state index >= 15 is 0 Å². The maximum Gasteiger partial charge on any atom is 0.387 e. The first-order valence-electron chi connectivity index (χ1n) is 10.4. The molecule has 1 aliphatic rings. The fourth-order valence-electron chi connectivity index (χ4n) is 3.80. The summed E-state index contributed by atoms with van der Waals surface area (Å²) in [6.07, 6.45) is 2.68. The van der Waals surface area contributed by atoms with Crippen LogP contribution in [0.5, 0.6) is 11.5 Å². The van der Waals surface area contributed by atoms with Crippen LogP contribution >= 0.6 is 0 Å². The molecule has 0 aliphatic heterocycles. The van der Waals surface area contributed by atoms with E-state index in [1.54, 1.807) is 0 Å². The average molecular weight is 479 g/mol. The van der Waals surface area contributed by atoms with E-state index in [0.717, 1.165) is 16.7 Å². The molecule has 1 aliphatic carbocycles. The molecule has 0 bridgehead atoms. The number of ether oxygens (including phenoxy) is 2. The number of carbonyl (C=O) groups excluding carboxylic acids is 1. The van der Waals surface area contributed by atoms with Gasteiger partial charge >= 0.3 is 6.61 Å². The first kappa shape index (κ1) is 23.6. The van der Waals surface area contributed by atoms with E-state index in [9.17, 15) is 27.5 Å². The Kier molecular flexibility index (Phi) is 6.73. The first-order valence-corrected chi connectivity index (χ1v) is 10.4. The van der Waals surface area contributed by atoms with E-state index < -0.39 is 29.8 Å². The highest BCUT2D eigenvalue weighted by atomic mass is 19.3. The van der Waals surface area contributed by atoms with Crippen molar-refractivity contribution < 1.29 is 36.9 Å². The molecular formula is C23H21F4N3O4. The van der Waals surface area contributed by atoms with Crippen LogP contribution in [0.3, 0.4) is 0 Å². The summed E-state index contributed by atoms with van der Waals surface area (Å²) in [6, 6.07) is 6.95. The number of nitrogens with zero attached hydrogens (tertiary/aromatic N) is 2. The molecule has 0 saturated heterocycles. The first-order chi connectivity index (χ1) is 16.2. The summed E-state index contributed by atoms with van der Waals surface area (Å²) in [5, 5.41) is 12.0. The highest BCUT2D eigenvalue weighted by molar-refractivity contribution is 6.03. The number of nitrogens with one attached hydrogen (secondary N) is 1. The van der Waals surface area contributed by atoms with Gasteiger partial charge in [-0.25, -0.2) is 13.8 Å². The molecule has 180 valence electrons. The Balaban J connectivity index is 1.64. The van der Waals surface area contributed by atoms with Gasteiger partial charge in [0.05, 0.1) is 18.9 Å². The summed E-state index contributed by atoms with van der Waals surface area (Å²) in [7, 11) is 1.28. The molecule has 0 unspecified atom stereocenters. The molecule has 1 heterocycles. The van der Waals surface area contributed by atoms with Gasteiger partial charge in [0.25, 0.3) is 5.91 Å². The molecule has 2 aromatic carbocycles. The number of methoxy groups -OCH3 is 1. The SMILES string of the molecule is COc1cc(F)c(-n2cc(CC3CC(O)C3)nc2NC(=O)c2ccc(OC(F)F)cc2)c(F)c1. The molecule has 2 N–H and O–H groups in total. The Morgan fingerprint density at radius 1 is 1.18 bits per heavy atom. The number of anilines is 1. The van der Waals surface area contributed by atoms with Crippen molar-refractivity contribution in [2.45, 2.75) is 32.0 Å². The second kappa shape index (κ2) is 9.72. The van der Waals surface area contributed by atoms with Crippen molar-refractivity contribution in [1.82, 2.24) is 9.55 Å². The smallest absolute Gasteiger partial charge is 0.387 e. The third-order valence-electron chi connectivity index (χ3n) is 5.50. The molecule has 1 amide bonds. The molecular weight excluding hydrogens is 458 g/mol. The minimum atomic E-state index is -3.00. The van der Waals surface area contributed by atoms with Crippen LogP contribution in [0.1, 0.15) is 28.9 Å². The topological polar surface area (TPSA) is 85.6 Å². The van der Waals surface area contributed by atoms with E-state index in [1.807, 2.05) is 0 Å². The Morgan fingerprint density at radius 2 is 1.82 bits per heavy atom. The zero-order chi connectivity index (χ0) is 24.4. The predicted octanol–water partition coefficient (Wildman–Crippen LogP) is 4.33. The van der Waals surface area contributed by atoms with Crippen LogP contribution in [0.25, 0.3) is 5.69 Å². The highest BCUT2D eigenvalue weighted by Gasteiger charge is 2.29. The lowest BCUT2D eigenvalue weighted by atomic mass is 9.79. The van der Waals surface area contributed by atoms with Gasteiger partial charge in [0.15, 0.2) is 11.6 Å². The van der Waals surface area contributed by atoms with Gasteiger partial charge in [0, 0.05) is 23.9 Å². The fourth-order valence-corrected chi connectivity index (χ4v) is 3.80. The number of imidazole rings is 1. The number of hydrogen-bond donors (Lipinski definition) is 2. The van der Waals surface area contributed by atoms with Crippen LogP contribution < -0.4 is 14.8 Å². The largest absolute Gasteiger partial charge is 0.497 e. The number of alkyl halides is 2. The summed E-state index contributed by atoms with van der Waals surface area (Å²) in [4.78, 5) is 17.1. The van der Waals surface area contributed by atoms with Gasteiger partial charge in [-0.2, -0.15) is 8.78 Å². The van der Waals surface area contributed by atoms with Gasteiger partial charge in [-0.3, -0.25) is 14.7 Å². The Morgan fingerprint density at radius 3 is 2.38 bits per heavy atom. The van der Waals surface area contributed by atoms with Crippen LogP contribution in [0.15, 0.2) is 42.6 Å². The lowest BCUT2D eigenvalue weighted by molar-refractivity contribution is -0.0498. The Bertz CT molecular complexity index is 1150. The number of rotatable bonds is 8. The molecule has 34 heavy (non-hydrogen) atoms. The van der Waals surface area contributed by atoms with Crippen LogP contribution in [0.2, 0.25) is 0 Å². The summed E-state index contributed by atoms with van der Waals surface area (Å²) in [5.74, 6) is -2.63. The maximum absolute atomic E-state index is 14.8. The normalized spacial score (nSPS) is 17.4. The van der Waals surface area contributed by atoms with E-state index in [2.05, 4.69) is 15.0 Å². The maximum atomic E-state index is 14.8. The second-order valence-electron chi connectivity index (χ2n) is 7.92. The van der Waals surface area contributed by atoms with Gasteiger partial charge in [0.2, 0.25) is 5.95 Å². The minimum Gasteiger partial charge on any atom is -0.497 e. The number of aromatic nitrogens is 2. The number of halogens is 4. The third-order valence-corrected chi connectivity index (χ3v) is 5.50. The summed E-state index contributed by atoms with van der Waals surface area (Å²) < 4.78 is 64.5. The number of hydrogen-bond acceptors (Lipinski definition) is 5. The number of aliphatic hydroxyl groups is 1. The molecule has 7 nitrogen and oxygen atoms in total. The van der Waals surface area contributed by atoms with Crippen molar-refractivity contribution >= 4 is 11.9 Å². The standard InChI is InChI=1S/C23H21F4N3O4/c1-33-17-9-18(24)20(19(25)10-17)30-11-14(6-12-7-15(31)8-12)28-23(30)29-21(32)13-2-4-16(5-3-13)34-22(26)27/h2-5,9-12,15,22,31H,6-8H2,1H3,(H,28,29,32). The van der Waals surface area contributed by atoms with Crippen LogP contribution in [-0.4, -0.2) is 40.4 Å². The molecule has 1 aromatic heterocycles. The second-order valence-corrected chi connectivity index (χ2v) is 7.92. The van der Waals surface area contributed by atoms with E-state index in [0.29, 0.717) is 25.0 Å². The lowest BCUT2D eigenvalue weighted by Crippen LogP contribution is -2.29. The number of aliphatic hydroxyl groups excluding tert-OH is 1. The summed E-state index contributed by atoms with van der Waals surface area (Å²) in [5.41, 5.74) is 0.113. The van der Waals surface area contributed by atoms with Crippen LogP contribution in [0, 0.1) is 17.6 Å². The van der Waals surface area contributed by atoms with Crippen LogP contribution in [-0.2, 0) is 6.42 Å². The molecule has 1 saturated carbocycles. The molecule has 3 aromatic rings. The lowest BCUT2D eigenvalue weighted by Gasteiger charge is -2.30. The van der Waals surface area contributed by atoms with Gasteiger partial charge < -0.3 is 14.6 Å². The molecule has 1 fully saturated rings. The zero-order valence-electron chi connectivity index (χ0n) is 18.0. The van der Waals surface area contributed by atoms with Crippen molar-refractivity contribution in [2.75, 3.05) is 12.4 Å². The molecule has 0 radical (unpaired) electrons. The van der Waals surface area contributed by atoms with E-state index in [1.165, 1.54) is 37.6 Å². The van der Waals surface area contributed by atoms with Gasteiger partial charge in [-0.05, 0) is 49.4 Å². The predicted molar refractivity (Wildman–Crippen MR) is 113 cm³/mol. The number of carbonyl (C=O) groups is 1. The van der Waals surface area contributed by atoms with Crippen molar-refractivity contribution in [1.29, 1.82) is 0 Å². The van der Waals surface area contributed by atoms with Gasteiger partial charge in [-0.1, -0.05) is 0 Å². The van der Waals surface area contributed by atoms with Crippen LogP contribution in [0.4, 0.5) is 23.5 Å². The number of amides is 1. The Labute approximate surface area is 191 Å². The van der Waals surface area contributed by atoms with Gasteiger partial charge in [-0.15, -0.1) is 0 Å². The highest BCUT2D eigenvalue weighted by Crippen LogP contribution is 2.32. The van der Waals surface area contributed by atoms with Crippen molar-refractivity contribution in [3.05, 3.63) is 65.5 Å². The molecule has 0 spiro atoms.